The molecule has 0 atom stereocenters. The summed E-state index contributed by atoms with van der Waals surface area (Å²) in [6, 6.07) is 0.956. The number of piperazine rings is 1. The minimum absolute atomic E-state index is 0.0533. The molecule has 1 aromatic heterocycles. The zero-order valence-electron chi connectivity index (χ0n) is 15.0. The number of hydrogen-bond acceptors (Lipinski definition) is 8. The molecule has 2 aromatic rings. The highest BCUT2D eigenvalue weighted by molar-refractivity contribution is 7.89. The van der Waals surface area contributed by atoms with Gasteiger partial charge in [-0.1, -0.05) is 11.3 Å². The third-order valence-electron chi connectivity index (χ3n) is 4.48. The Kier molecular flexibility index (Phi) is 5.53. The molecule has 0 saturated carbocycles. The number of nitrogens with zero attached hydrogens (tertiary/aromatic N) is 4. The summed E-state index contributed by atoms with van der Waals surface area (Å²) in [5.41, 5.74) is -3.13. The van der Waals surface area contributed by atoms with E-state index in [1.54, 1.807) is 4.90 Å². The Labute approximate surface area is 166 Å². The molecular weight excluding hydrogens is 437 g/mol. The van der Waals surface area contributed by atoms with Crippen molar-refractivity contribution in [2.45, 2.75) is 13.1 Å². The van der Waals surface area contributed by atoms with Gasteiger partial charge in [0.2, 0.25) is 10.0 Å². The molecule has 1 fully saturated rings. The standard InChI is InChI=1S/C15H15F3N4O5S2/c1-2-29(26,27)21-5-3-20(4-6-21)14-19-13(23)10-7-9(15(16,17)18)8-11(22(24)25)12(10)28-14/h7-8H,2-6H2,1H3. The van der Waals surface area contributed by atoms with Crippen molar-refractivity contribution in [3.05, 3.63) is 38.2 Å². The fraction of sp³-hybridized carbons (Fsp3) is 0.467. The van der Waals surface area contributed by atoms with Crippen LogP contribution in [0, 0.1) is 10.1 Å². The molecule has 0 spiro atoms. The molecule has 29 heavy (non-hydrogen) atoms. The van der Waals surface area contributed by atoms with Crippen molar-refractivity contribution in [1.29, 1.82) is 0 Å². The number of non-ortho nitro benzene ring substituents is 1. The Balaban J connectivity index is 2.03. The van der Waals surface area contributed by atoms with Crippen LogP contribution in [0.15, 0.2) is 16.9 Å². The van der Waals surface area contributed by atoms with Gasteiger partial charge in [-0.15, -0.1) is 0 Å². The van der Waals surface area contributed by atoms with Crippen LogP contribution in [-0.2, 0) is 16.2 Å². The van der Waals surface area contributed by atoms with Gasteiger partial charge in [0.25, 0.3) is 11.2 Å². The minimum Gasteiger partial charge on any atom is -0.345 e. The summed E-state index contributed by atoms with van der Waals surface area (Å²) in [4.78, 5) is 28.1. The Bertz CT molecular complexity index is 1130. The van der Waals surface area contributed by atoms with Crippen LogP contribution in [0.5, 0.6) is 0 Å². The number of hydrogen-bond donors (Lipinski definition) is 0. The van der Waals surface area contributed by atoms with E-state index in [1.165, 1.54) is 11.2 Å². The first kappa shape index (κ1) is 21.4. The number of sulfonamides is 1. The van der Waals surface area contributed by atoms with Crippen molar-refractivity contribution in [3.63, 3.8) is 0 Å². The zero-order valence-corrected chi connectivity index (χ0v) is 16.6. The minimum atomic E-state index is -4.85. The third kappa shape index (κ3) is 4.18. The normalized spacial score (nSPS) is 16.3. The molecule has 14 heteroatoms. The molecule has 1 aromatic carbocycles. The first-order valence-electron chi connectivity index (χ1n) is 8.37. The first-order valence-corrected chi connectivity index (χ1v) is 10.8. The fourth-order valence-electron chi connectivity index (χ4n) is 2.92. The third-order valence-corrected chi connectivity index (χ3v) is 7.53. The van der Waals surface area contributed by atoms with Gasteiger partial charge in [0.15, 0.2) is 5.13 Å². The van der Waals surface area contributed by atoms with E-state index >= 15 is 0 Å². The summed E-state index contributed by atoms with van der Waals surface area (Å²) in [7, 11) is -3.37. The highest BCUT2D eigenvalue weighted by Crippen LogP contribution is 2.38. The summed E-state index contributed by atoms with van der Waals surface area (Å²) < 4.78 is 64.0. The van der Waals surface area contributed by atoms with E-state index in [0.717, 1.165) is 11.3 Å². The van der Waals surface area contributed by atoms with E-state index in [4.69, 9.17) is 0 Å². The monoisotopic (exact) mass is 452 g/mol. The molecule has 0 aliphatic carbocycles. The average molecular weight is 452 g/mol. The van der Waals surface area contributed by atoms with Gasteiger partial charge in [-0.2, -0.15) is 22.5 Å². The summed E-state index contributed by atoms with van der Waals surface area (Å²) >= 11 is 0.734. The summed E-state index contributed by atoms with van der Waals surface area (Å²) in [6.45, 7) is 2.20. The number of rotatable bonds is 4. The predicted molar refractivity (Wildman–Crippen MR) is 101 cm³/mol. The van der Waals surface area contributed by atoms with Gasteiger partial charge in [-0.25, -0.2) is 8.42 Å². The van der Waals surface area contributed by atoms with Gasteiger partial charge >= 0.3 is 6.18 Å². The van der Waals surface area contributed by atoms with Crippen LogP contribution < -0.4 is 10.5 Å². The van der Waals surface area contributed by atoms with Gasteiger partial charge in [0.1, 0.15) is 4.70 Å². The number of alkyl halides is 3. The molecule has 2 heterocycles. The molecule has 0 N–H and O–H groups in total. The van der Waals surface area contributed by atoms with Crippen LogP contribution in [-0.4, -0.2) is 54.6 Å². The fourth-order valence-corrected chi connectivity index (χ4v) is 5.12. The van der Waals surface area contributed by atoms with Crippen LogP contribution in [0.3, 0.4) is 0 Å². The average Bonchev–Trinajstić information content (AvgIpc) is 2.66. The van der Waals surface area contributed by atoms with Crippen molar-refractivity contribution >= 4 is 42.3 Å². The molecule has 0 bridgehead atoms. The Hall–Kier alpha value is -2.32. The first-order chi connectivity index (χ1) is 13.4. The second kappa shape index (κ2) is 7.50. The van der Waals surface area contributed by atoms with Crippen molar-refractivity contribution in [2.24, 2.45) is 0 Å². The second-order valence-electron chi connectivity index (χ2n) is 6.22. The molecule has 1 aliphatic heterocycles. The van der Waals surface area contributed by atoms with Crippen LogP contribution in [0.2, 0.25) is 0 Å². The maximum atomic E-state index is 13.0. The SMILES string of the molecule is CCS(=O)(=O)N1CCN(c2nc(=O)c3cc(C(F)(F)F)cc([N+](=O)[O-])c3s2)CC1. The maximum Gasteiger partial charge on any atom is 0.416 e. The lowest BCUT2D eigenvalue weighted by atomic mass is 10.1. The molecular formula is C15H15F3N4O5S2. The van der Waals surface area contributed by atoms with E-state index in [0.29, 0.717) is 12.1 Å². The highest BCUT2D eigenvalue weighted by atomic mass is 32.2. The number of benzene rings is 1. The molecule has 3 rings (SSSR count). The van der Waals surface area contributed by atoms with E-state index in [9.17, 15) is 36.5 Å². The molecule has 1 saturated heterocycles. The molecule has 9 nitrogen and oxygen atoms in total. The molecule has 1 aliphatic rings. The molecule has 0 unspecified atom stereocenters. The van der Waals surface area contributed by atoms with Crippen LogP contribution in [0.4, 0.5) is 24.0 Å². The summed E-state index contributed by atoms with van der Waals surface area (Å²) in [6.07, 6.45) is -4.85. The highest BCUT2D eigenvalue weighted by Gasteiger charge is 2.34. The smallest absolute Gasteiger partial charge is 0.345 e. The number of fused-ring (bicyclic) bond motifs is 1. The second-order valence-corrected chi connectivity index (χ2v) is 9.45. The lowest BCUT2D eigenvalue weighted by Crippen LogP contribution is -2.49. The van der Waals surface area contributed by atoms with Crippen LogP contribution in [0.25, 0.3) is 10.1 Å². The van der Waals surface area contributed by atoms with E-state index in [-0.39, 0.29) is 41.8 Å². The Morgan fingerprint density at radius 2 is 1.86 bits per heavy atom. The van der Waals surface area contributed by atoms with Gasteiger partial charge < -0.3 is 4.90 Å². The van der Waals surface area contributed by atoms with Gasteiger partial charge in [0, 0.05) is 32.2 Å². The van der Waals surface area contributed by atoms with Crippen molar-refractivity contribution in [1.82, 2.24) is 9.29 Å². The number of nitro groups is 1. The van der Waals surface area contributed by atoms with E-state index in [1.807, 2.05) is 0 Å². The largest absolute Gasteiger partial charge is 0.416 e. The predicted octanol–water partition coefficient (Wildman–Crippen LogP) is 2.06. The number of nitro benzene ring substituents is 1. The number of halogens is 3. The van der Waals surface area contributed by atoms with Gasteiger partial charge in [0.05, 0.1) is 21.6 Å². The van der Waals surface area contributed by atoms with Gasteiger partial charge in [-0.3, -0.25) is 14.9 Å². The van der Waals surface area contributed by atoms with Crippen molar-refractivity contribution < 1.29 is 26.5 Å². The summed E-state index contributed by atoms with van der Waals surface area (Å²) in [5, 5.41) is 10.9. The maximum absolute atomic E-state index is 13.0. The molecule has 0 amide bonds. The van der Waals surface area contributed by atoms with E-state index in [2.05, 4.69) is 4.98 Å². The molecule has 0 radical (unpaired) electrons. The summed E-state index contributed by atoms with van der Waals surface area (Å²) in [5.74, 6) is -0.0533. The van der Waals surface area contributed by atoms with Crippen LogP contribution in [0.1, 0.15) is 12.5 Å². The Morgan fingerprint density at radius 1 is 1.24 bits per heavy atom. The molecule has 158 valence electrons. The Morgan fingerprint density at radius 3 is 2.38 bits per heavy atom. The quantitative estimate of drug-likeness (QED) is 0.515. The number of aromatic nitrogens is 1. The number of anilines is 1. The lowest BCUT2D eigenvalue weighted by molar-refractivity contribution is -0.383. The zero-order chi connectivity index (χ0) is 21.6. The van der Waals surface area contributed by atoms with Crippen LogP contribution >= 0.6 is 11.3 Å². The lowest BCUT2D eigenvalue weighted by Gasteiger charge is -2.33. The van der Waals surface area contributed by atoms with Crippen molar-refractivity contribution in [3.8, 4) is 0 Å². The van der Waals surface area contributed by atoms with Gasteiger partial charge in [-0.05, 0) is 13.0 Å². The van der Waals surface area contributed by atoms with E-state index < -0.39 is 43.3 Å². The van der Waals surface area contributed by atoms with Crippen molar-refractivity contribution in [2.75, 3.05) is 36.8 Å². The topological polar surface area (TPSA) is 114 Å².